The summed E-state index contributed by atoms with van der Waals surface area (Å²) in [5.74, 6) is 0.242. The molecule has 0 aliphatic carbocycles. The van der Waals surface area contributed by atoms with Crippen molar-refractivity contribution in [3.63, 3.8) is 0 Å². The molecule has 0 saturated carbocycles. The lowest BCUT2D eigenvalue weighted by atomic mass is 9.79. The van der Waals surface area contributed by atoms with Gasteiger partial charge < -0.3 is 4.90 Å². The Bertz CT molecular complexity index is 904. The predicted octanol–water partition coefficient (Wildman–Crippen LogP) is 5.71. The number of hydrogen-bond acceptors (Lipinski definition) is 3. The Hall–Kier alpha value is -2.14. The molecule has 0 spiro atoms. The Morgan fingerprint density at radius 1 is 1.29 bits per heavy atom. The first kappa shape index (κ1) is 20.6. The molecule has 3 rings (SSSR count). The van der Waals surface area contributed by atoms with E-state index in [-0.39, 0.29) is 11.4 Å². The molecule has 1 aliphatic rings. The number of nitrogens with one attached hydrogen (secondary N) is 1. The fourth-order valence-corrected chi connectivity index (χ4v) is 4.86. The quantitative estimate of drug-likeness (QED) is 0.487. The second-order valence-electron chi connectivity index (χ2n) is 8.38. The smallest absolute Gasteiger partial charge is 0.272 e. The summed E-state index contributed by atoms with van der Waals surface area (Å²) >= 11 is 3.39. The van der Waals surface area contributed by atoms with Crippen molar-refractivity contribution in [2.75, 3.05) is 4.90 Å². The van der Waals surface area contributed by atoms with E-state index in [9.17, 15) is 4.79 Å². The standard InChI is InChI=1S/C23H28BrN3O/c1-15(2)27-21-11-10-17(12-19(21)16(3)13-23(27,4)5)14-25-26-22(28)18-8-6-7-9-20(18)24/h6-12,14-16H,13H2,1-5H3,(H,26,28)/b25-14-/t16-/m1/s1. The van der Waals surface area contributed by atoms with E-state index in [0.717, 1.165) is 16.5 Å². The summed E-state index contributed by atoms with van der Waals surface area (Å²) in [5.41, 5.74) is 6.93. The molecule has 1 N–H and O–H groups in total. The van der Waals surface area contributed by atoms with Gasteiger partial charge in [-0.3, -0.25) is 4.79 Å². The molecule has 148 valence electrons. The SMILES string of the molecule is CC(C)N1c2ccc(/C=N\NC(=O)c3ccccc3Br)cc2[C@H](C)CC1(C)C. The Morgan fingerprint density at radius 3 is 2.68 bits per heavy atom. The molecule has 2 aromatic rings. The van der Waals surface area contributed by atoms with E-state index in [0.29, 0.717) is 17.5 Å². The van der Waals surface area contributed by atoms with Gasteiger partial charge in [-0.1, -0.05) is 25.1 Å². The molecule has 0 bridgehead atoms. The molecule has 2 aromatic carbocycles. The number of anilines is 1. The van der Waals surface area contributed by atoms with Crippen molar-refractivity contribution in [3.8, 4) is 0 Å². The maximum Gasteiger partial charge on any atom is 0.272 e. The Labute approximate surface area is 176 Å². The number of hydrogen-bond donors (Lipinski definition) is 1. The lowest BCUT2D eigenvalue weighted by molar-refractivity contribution is 0.0954. The minimum Gasteiger partial charge on any atom is -0.364 e. The third kappa shape index (κ3) is 4.14. The minimum absolute atomic E-state index is 0.132. The van der Waals surface area contributed by atoms with Crippen molar-refractivity contribution >= 4 is 33.7 Å². The Morgan fingerprint density at radius 2 is 2.00 bits per heavy atom. The van der Waals surface area contributed by atoms with E-state index in [4.69, 9.17) is 0 Å². The third-order valence-electron chi connectivity index (χ3n) is 5.31. The second-order valence-corrected chi connectivity index (χ2v) is 9.23. The zero-order valence-electron chi connectivity index (χ0n) is 17.2. The summed E-state index contributed by atoms with van der Waals surface area (Å²) in [6.07, 6.45) is 2.82. The number of halogens is 1. The van der Waals surface area contributed by atoms with Crippen LogP contribution in [0.15, 0.2) is 52.0 Å². The van der Waals surface area contributed by atoms with Crippen LogP contribution < -0.4 is 10.3 Å². The lowest BCUT2D eigenvalue weighted by Crippen LogP contribution is -2.51. The molecule has 4 nitrogen and oxygen atoms in total. The summed E-state index contributed by atoms with van der Waals surface area (Å²) in [5, 5.41) is 4.16. The lowest BCUT2D eigenvalue weighted by Gasteiger charge is -2.50. The van der Waals surface area contributed by atoms with Crippen LogP contribution in [-0.4, -0.2) is 23.7 Å². The topological polar surface area (TPSA) is 44.7 Å². The van der Waals surface area contributed by atoms with E-state index < -0.39 is 0 Å². The summed E-state index contributed by atoms with van der Waals surface area (Å²) < 4.78 is 0.752. The molecule has 1 aliphatic heterocycles. The number of benzene rings is 2. The largest absolute Gasteiger partial charge is 0.364 e. The van der Waals surface area contributed by atoms with E-state index >= 15 is 0 Å². The first-order chi connectivity index (χ1) is 13.2. The zero-order chi connectivity index (χ0) is 20.5. The summed E-state index contributed by atoms with van der Waals surface area (Å²) in [7, 11) is 0. The van der Waals surface area contributed by atoms with Gasteiger partial charge in [0, 0.05) is 21.7 Å². The number of hydrazone groups is 1. The molecule has 5 heteroatoms. The number of carbonyl (C=O) groups excluding carboxylic acids is 1. The van der Waals surface area contributed by atoms with Crippen LogP contribution in [0.5, 0.6) is 0 Å². The van der Waals surface area contributed by atoms with Gasteiger partial charge in [0.2, 0.25) is 0 Å². The number of amides is 1. The maximum atomic E-state index is 12.3. The van der Waals surface area contributed by atoms with Gasteiger partial charge in [-0.15, -0.1) is 0 Å². The monoisotopic (exact) mass is 441 g/mol. The van der Waals surface area contributed by atoms with E-state index in [1.54, 1.807) is 12.3 Å². The van der Waals surface area contributed by atoms with Crippen molar-refractivity contribution in [1.82, 2.24) is 5.43 Å². The first-order valence-corrected chi connectivity index (χ1v) is 10.5. The van der Waals surface area contributed by atoms with Crippen molar-refractivity contribution in [2.24, 2.45) is 5.10 Å². The second kappa shape index (κ2) is 8.08. The van der Waals surface area contributed by atoms with Crippen LogP contribution in [0.4, 0.5) is 5.69 Å². The van der Waals surface area contributed by atoms with Crippen LogP contribution in [-0.2, 0) is 0 Å². The van der Waals surface area contributed by atoms with Gasteiger partial charge in [0.25, 0.3) is 5.91 Å². The maximum absolute atomic E-state index is 12.3. The number of fused-ring (bicyclic) bond motifs is 1. The molecule has 1 atom stereocenters. The molecule has 28 heavy (non-hydrogen) atoms. The van der Waals surface area contributed by atoms with Crippen LogP contribution in [0.2, 0.25) is 0 Å². The first-order valence-electron chi connectivity index (χ1n) is 9.72. The Kier molecular flexibility index (Phi) is 5.94. The van der Waals surface area contributed by atoms with E-state index in [1.807, 2.05) is 18.2 Å². The predicted molar refractivity (Wildman–Crippen MR) is 120 cm³/mol. The van der Waals surface area contributed by atoms with Crippen LogP contribution in [0.3, 0.4) is 0 Å². The van der Waals surface area contributed by atoms with Crippen LogP contribution >= 0.6 is 15.9 Å². The van der Waals surface area contributed by atoms with Crippen LogP contribution in [0, 0.1) is 0 Å². The van der Waals surface area contributed by atoms with Gasteiger partial charge in [0.15, 0.2) is 0 Å². The molecule has 1 amide bonds. The zero-order valence-corrected chi connectivity index (χ0v) is 18.7. The molecule has 0 fully saturated rings. The van der Waals surface area contributed by atoms with Gasteiger partial charge in [0.1, 0.15) is 0 Å². The van der Waals surface area contributed by atoms with Crippen molar-refractivity contribution in [2.45, 2.75) is 58.5 Å². The van der Waals surface area contributed by atoms with Crippen LogP contribution in [0.1, 0.15) is 68.4 Å². The van der Waals surface area contributed by atoms with Crippen molar-refractivity contribution in [1.29, 1.82) is 0 Å². The molecule has 0 saturated heterocycles. The molecular weight excluding hydrogens is 414 g/mol. The number of rotatable bonds is 4. The highest BCUT2D eigenvalue weighted by atomic mass is 79.9. The Balaban J connectivity index is 1.80. The van der Waals surface area contributed by atoms with Crippen molar-refractivity contribution in [3.05, 3.63) is 63.6 Å². The van der Waals surface area contributed by atoms with Gasteiger partial charge in [0.05, 0.1) is 11.8 Å². The molecule has 0 radical (unpaired) electrons. The summed E-state index contributed by atoms with van der Waals surface area (Å²) in [6.45, 7) is 11.4. The highest BCUT2D eigenvalue weighted by molar-refractivity contribution is 9.10. The number of nitrogens with zero attached hydrogens (tertiary/aromatic N) is 2. The normalized spacial score (nSPS) is 18.4. The average Bonchev–Trinajstić information content (AvgIpc) is 2.61. The van der Waals surface area contributed by atoms with Gasteiger partial charge in [-0.05, 0) is 91.4 Å². The van der Waals surface area contributed by atoms with Crippen LogP contribution in [0.25, 0.3) is 0 Å². The molecular formula is C23H28BrN3O. The van der Waals surface area contributed by atoms with Gasteiger partial charge in [-0.25, -0.2) is 5.43 Å². The third-order valence-corrected chi connectivity index (χ3v) is 6.01. The fraction of sp³-hybridized carbons (Fsp3) is 0.391. The molecule has 0 aromatic heterocycles. The van der Waals surface area contributed by atoms with E-state index in [2.05, 4.69) is 84.2 Å². The minimum atomic E-state index is -0.234. The highest BCUT2D eigenvalue weighted by Crippen LogP contribution is 2.44. The molecule has 0 unspecified atom stereocenters. The molecule has 1 heterocycles. The summed E-state index contributed by atoms with van der Waals surface area (Å²) in [4.78, 5) is 14.8. The fourth-order valence-electron chi connectivity index (χ4n) is 4.40. The summed E-state index contributed by atoms with van der Waals surface area (Å²) in [6, 6.07) is 14.2. The van der Waals surface area contributed by atoms with Gasteiger partial charge >= 0.3 is 0 Å². The highest BCUT2D eigenvalue weighted by Gasteiger charge is 2.37. The van der Waals surface area contributed by atoms with Gasteiger partial charge in [-0.2, -0.15) is 5.10 Å². The van der Waals surface area contributed by atoms with Crippen molar-refractivity contribution < 1.29 is 4.79 Å². The average molecular weight is 442 g/mol. The number of carbonyl (C=O) groups is 1. The van der Waals surface area contributed by atoms with E-state index in [1.165, 1.54) is 11.3 Å².